The first kappa shape index (κ1) is 9.96. The van der Waals surface area contributed by atoms with Gasteiger partial charge in [-0.05, 0) is 23.8 Å². The Balaban J connectivity index is 2.07. The van der Waals surface area contributed by atoms with Crippen molar-refractivity contribution in [2.75, 3.05) is 0 Å². The number of rotatable bonds is 2. The molecule has 0 unspecified atom stereocenters. The second kappa shape index (κ2) is 3.97. The lowest BCUT2D eigenvalue weighted by Crippen LogP contribution is -2.02. The van der Waals surface area contributed by atoms with Crippen molar-refractivity contribution in [3.8, 4) is 0 Å². The summed E-state index contributed by atoms with van der Waals surface area (Å²) in [5.74, 6) is -0.242. The maximum Gasteiger partial charge on any atom is 0.149 e. The van der Waals surface area contributed by atoms with Crippen LogP contribution in [0.1, 0.15) is 5.56 Å². The van der Waals surface area contributed by atoms with Crippen molar-refractivity contribution in [2.24, 2.45) is 0 Å². The van der Waals surface area contributed by atoms with Crippen LogP contribution in [0.15, 0.2) is 48.9 Å². The summed E-state index contributed by atoms with van der Waals surface area (Å²) in [4.78, 5) is 3.95. The summed E-state index contributed by atoms with van der Waals surface area (Å²) in [6.07, 6.45) is 5.12. The molecule has 0 bridgehead atoms. The maximum atomic E-state index is 13.7. The Kier molecular flexibility index (Phi) is 2.33. The average molecular weight is 227 g/mol. The van der Waals surface area contributed by atoms with Crippen molar-refractivity contribution in [1.29, 1.82) is 0 Å². The number of aromatic nitrogens is 3. The van der Waals surface area contributed by atoms with Gasteiger partial charge in [-0.2, -0.15) is 5.10 Å². The van der Waals surface area contributed by atoms with Crippen molar-refractivity contribution in [3.05, 3.63) is 60.3 Å². The fourth-order valence-electron chi connectivity index (χ4n) is 1.88. The Morgan fingerprint density at radius 3 is 2.76 bits per heavy atom. The second-order valence-corrected chi connectivity index (χ2v) is 3.84. The molecule has 3 aromatic rings. The maximum absolute atomic E-state index is 13.7. The van der Waals surface area contributed by atoms with Gasteiger partial charge >= 0.3 is 0 Å². The van der Waals surface area contributed by atoms with Gasteiger partial charge in [-0.3, -0.25) is 9.67 Å². The number of halogens is 1. The van der Waals surface area contributed by atoms with E-state index < -0.39 is 0 Å². The van der Waals surface area contributed by atoms with Gasteiger partial charge < -0.3 is 0 Å². The van der Waals surface area contributed by atoms with Crippen molar-refractivity contribution in [2.45, 2.75) is 6.54 Å². The summed E-state index contributed by atoms with van der Waals surface area (Å²) in [5, 5.41) is 5.03. The number of nitrogens with zero attached hydrogens (tertiary/aromatic N) is 3. The third kappa shape index (κ3) is 1.78. The zero-order valence-corrected chi connectivity index (χ0v) is 9.05. The number of para-hydroxylation sites is 1. The molecule has 0 amide bonds. The SMILES string of the molecule is Fc1cccc2cnn(Cc3ccncc3)c12. The topological polar surface area (TPSA) is 30.7 Å². The van der Waals surface area contributed by atoms with Crippen LogP contribution in [0.4, 0.5) is 4.39 Å². The smallest absolute Gasteiger partial charge is 0.149 e. The quantitative estimate of drug-likeness (QED) is 0.673. The molecule has 0 saturated heterocycles. The normalized spacial score (nSPS) is 10.9. The lowest BCUT2D eigenvalue weighted by Gasteiger charge is -2.04. The number of benzene rings is 1. The highest BCUT2D eigenvalue weighted by Gasteiger charge is 2.07. The molecular weight excluding hydrogens is 217 g/mol. The Labute approximate surface area is 97.5 Å². The van der Waals surface area contributed by atoms with E-state index in [4.69, 9.17) is 0 Å². The van der Waals surface area contributed by atoms with Crippen molar-refractivity contribution >= 4 is 10.9 Å². The van der Waals surface area contributed by atoms with E-state index in [1.807, 2.05) is 18.2 Å². The molecule has 3 rings (SSSR count). The van der Waals surface area contributed by atoms with Gasteiger partial charge in [0.25, 0.3) is 0 Å². The van der Waals surface area contributed by atoms with Crippen molar-refractivity contribution in [1.82, 2.24) is 14.8 Å². The largest absolute Gasteiger partial charge is 0.265 e. The highest BCUT2D eigenvalue weighted by atomic mass is 19.1. The Bertz CT molecular complexity index is 646. The van der Waals surface area contributed by atoms with E-state index in [1.54, 1.807) is 29.3 Å². The van der Waals surface area contributed by atoms with Crippen molar-refractivity contribution in [3.63, 3.8) is 0 Å². The lowest BCUT2D eigenvalue weighted by molar-refractivity contribution is 0.616. The van der Waals surface area contributed by atoms with E-state index in [-0.39, 0.29) is 5.82 Å². The van der Waals surface area contributed by atoms with Gasteiger partial charge in [0.1, 0.15) is 11.3 Å². The van der Waals surface area contributed by atoms with Gasteiger partial charge in [0.2, 0.25) is 0 Å². The number of fused-ring (bicyclic) bond motifs is 1. The average Bonchev–Trinajstić information content (AvgIpc) is 2.75. The molecule has 0 N–H and O–H groups in total. The van der Waals surface area contributed by atoms with Crippen LogP contribution in [0.3, 0.4) is 0 Å². The summed E-state index contributed by atoms with van der Waals surface area (Å²) in [6.45, 7) is 0.549. The molecule has 0 spiro atoms. The first-order valence-electron chi connectivity index (χ1n) is 5.33. The van der Waals surface area contributed by atoms with Gasteiger partial charge in [0.15, 0.2) is 0 Å². The summed E-state index contributed by atoms with van der Waals surface area (Å²) >= 11 is 0. The van der Waals surface area contributed by atoms with E-state index in [9.17, 15) is 4.39 Å². The van der Waals surface area contributed by atoms with Crippen LogP contribution >= 0.6 is 0 Å². The number of pyridine rings is 1. The van der Waals surface area contributed by atoms with Crippen LogP contribution in [-0.4, -0.2) is 14.8 Å². The zero-order valence-electron chi connectivity index (χ0n) is 9.05. The predicted molar refractivity (Wildman–Crippen MR) is 63.0 cm³/mol. The molecule has 0 aliphatic heterocycles. The van der Waals surface area contributed by atoms with Gasteiger partial charge in [0.05, 0.1) is 12.7 Å². The van der Waals surface area contributed by atoms with E-state index in [1.165, 1.54) is 6.07 Å². The van der Waals surface area contributed by atoms with Crippen LogP contribution in [0.5, 0.6) is 0 Å². The van der Waals surface area contributed by atoms with Gasteiger partial charge in [-0.15, -0.1) is 0 Å². The molecule has 4 heteroatoms. The zero-order chi connectivity index (χ0) is 11.7. The fraction of sp³-hybridized carbons (Fsp3) is 0.0769. The van der Waals surface area contributed by atoms with E-state index in [0.717, 1.165) is 10.9 Å². The second-order valence-electron chi connectivity index (χ2n) is 3.84. The van der Waals surface area contributed by atoms with E-state index >= 15 is 0 Å². The summed E-state index contributed by atoms with van der Waals surface area (Å²) in [5.41, 5.74) is 1.59. The van der Waals surface area contributed by atoms with Gasteiger partial charge in [-0.25, -0.2) is 4.39 Å². The minimum absolute atomic E-state index is 0.242. The lowest BCUT2D eigenvalue weighted by atomic mass is 10.2. The molecule has 0 radical (unpaired) electrons. The van der Waals surface area contributed by atoms with Crippen LogP contribution in [0, 0.1) is 5.82 Å². The first-order chi connectivity index (χ1) is 8.34. The first-order valence-corrected chi connectivity index (χ1v) is 5.33. The molecule has 17 heavy (non-hydrogen) atoms. The molecule has 2 heterocycles. The Morgan fingerprint density at radius 1 is 1.12 bits per heavy atom. The molecule has 0 saturated carbocycles. The number of hydrogen-bond acceptors (Lipinski definition) is 2. The minimum atomic E-state index is -0.242. The van der Waals surface area contributed by atoms with Gasteiger partial charge in [0, 0.05) is 17.8 Å². The molecule has 2 aromatic heterocycles. The third-order valence-corrected chi connectivity index (χ3v) is 2.69. The summed E-state index contributed by atoms with van der Waals surface area (Å²) in [7, 11) is 0. The van der Waals surface area contributed by atoms with Crippen molar-refractivity contribution < 1.29 is 4.39 Å². The molecule has 3 nitrogen and oxygen atoms in total. The Hall–Kier alpha value is -2.23. The third-order valence-electron chi connectivity index (χ3n) is 2.69. The molecular formula is C13H10FN3. The van der Waals surface area contributed by atoms with E-state index in [2.05, 4.69) is 10.1 Å². The molecule has 0 aliphatic rings. The molecule has 84 valence electrons. The van der Waals surface area contributed by atoms with Crippen LogP contribution in [0.25, 0.3) is 10.9 Å². The highest BCUT2D eigenvalue weighted by molar-refractivity contribution is 5.79. The predicted octanol–water partition coefficient (Wildman–Crippen LogP) is 2.62. The van der Waals surface area contributed by atoms with Gasteiger partial charge in [-0.1, -0.05) is 12.1 Å². The van der Waals surface area contributed by atoms with Crippen LogP contribution < -0.4 is 0 Å². The fourth-order valence-corrected chi connectivity index (χ4v) is 1.88. The standard InChI is InChI=1S/C13H10FN3/c14-12-3-1-2-11-8-16-17(13(11)12)9-10-4-6-15-7-5-10/h1-8H,9H2. The minimum Gasteiger partial charge on any atom is -0.265 e. The molecule has 0 atom stereocenters. The molecule has 1 aromatic carbocycles. The molecule has 0 aliphatic carbocycles. The summed E-state index contributed by atoms with van der Waals surface area (Å²) in [6, 6.07) is 8.79. The van der Waals surface area contributed by atoms with Crippen LogP contribution in [0.2, 0.25) is 0 Å². The highest BCUT2D eigenvalue weighted by Crippen LogP contribution is 2.18. The van der Waals surface area contributed by atoms with E-state index in [0.29, 0.717) is 12.1 Å². The van der Waals surface area contributed by atoms with Crippen LogP contribution in [-0.2, 0) is 6.54 Å². The Morgan fingerprint density at radius 2 is 1.94 bits per heavy atom. The monoisotopic (exact) mass is 227 g/mol. The number of hydrogen-bond donors (Lipinski definition) is 0. The molecule has 0 fully saturated rings. The summed E-state index contributed by atoms with van der Waals surface area (Å²) < 4.78 is 15.4.